The van der Waals surface area contributed by atoms with Gasteiger partial charge in [-0.3, -0.25) is 9.59 Å². The van der Waals surface area contributed by atoms with E-state index in [-0.39, 0.29) is 51.9 Å². The van der Waals surface area contributed by atoms with E-state index in [2.05, 4.69) is 11.4 Å². The minimum atomic E-state index is -1.77. The number of hydrogen-bond donors (Lipinski definition) is 1. The minimum Gasteiger partial charge on any atom is -0.496 e. The van der Waals surface area contributed by atoms with Crippen LogP contribution in [0.25, 0.3) is 0 Å². The van der Waals surface area contributed by atoms with Crippen LogP contribution in [-0.2, 0) is 30.9 Å². The van der Waals surface area contributed by atoms with Crippen molar-refractivity contribution in [1.29, 1.82) is 5.26 Å². The van der Waals surface area contributed by atoms with Crippen LogP contribution in [-0.4, -0.2) is 49.1 Å². The lowest BCUT2D eigenvalue weighted by atomic mass is 9.62. The molecular formula is C39H42Cl2F2N2O6. The number of nitriles is 1. The molecule has 0 saturated carbocycles. The van der Waals surface area contributed by atoms with Crippen LogP contribution in [0.4, 0.5) is 8.78 Å². The Labute approximate surface area is 307 Å². The van der Waals surface area contributed by atoms with Gasteiger partial charge in [0.05, 0.1) is 36.2 Å². The first-order chi connectivity index (χ1) is 23.8. The maximum Gasteiger partial charge on any atom is 0.338 e. The number of nitrogens with one attached hydrogen (secondary N) is 1. The number of ketones is 1. The van der Waals surface area contributed by atoms with E-state index < -0.39 is 63.8 Å². The molecule has 51 heavy (non-hydrogen) atoms. The first-order valence-corrected chi connectivity index (χ1v) is 17.2. The van der Waals surface area contributed by atoms with Crippen molar-refractivity contribution in [2.24, 2.45) is 5.41 Å². The van der Waals surface area contributed by atoms with Crippen LogP contribution in [0.3, 0.4) is 0 Å². The highest BCUT2D eigenvalue weighted by Crippen LogP contribution is 2.53. The summed E-state index contributed by atoms with van der Waals surface area (Å²) in [6, 6.07) is 13.1. The van der Waals surface area contributed by atoms with Gasteiger partial charge in [-0.15, -0.1) is 0 Å². The molecule has 1 saturated heterocycles. The van der Waals surface area contributed by atoms with Gasteiger partial charge < -0.3 is 19.5 Å². The first kappa shape index (κ1) is 39.7. The largest absolute Gasteiger partial charge is 0.496 e. The highest BCUT2D eigenvalue weighted by atomic mass is 35.5. The molecule has 1 heterocycles. The standard InChI is InChI=1S/C39H42Cl2F2N2O6/c1-37(2,3)20-31-39(21-44,26-14-13-24(40)19-28(26)42)33(25-9-8-10-27(41)34(25)43)35(45-31)29(46)17-22-11-12-23(18-30(22)49-7)36(48)50-16-15-32(47)51-38(4,5)6/h8-14,18-19,31,33,35,45H,15-17,20H2,1-7H3/t31-,33-,35-,39-/m0/s1. The highest BCUT2D eigenvalue weighted by Gasteiger charge is 2.61. The summed E-state index contributed by atoms with van der Waals surface area (Å²) in [5, 5.41) is 14.3. The second-order valence-electron chi connectivity index (χ2n) is 14.8. The predicted octanol–water partition coefficient (Wildman–Crippen LogP) is 8.30. The van der Waals surface area contributed by atoms with Gasteiger partial charge in [0.2, 0.25) is 0 Å². The average molecular weight is 744 g/mol. The number of methoxy groups -OCH3 is 1. The minimum absolute atomic E-state index is 0.0166. The van der Waals surface area contributed by atoms with E-state index >= 15 is 8.78 Å². The predicted molar refractivity (Wildman–Crippen MR) is 190 cm³/mol. The summed E-state index contributed by atoms with van der Waals surface area (Å²) < 4.78 is 48.0. The van der Waals surface area contributed by atoms with Crippen molar-refractivity contribution in [2.75, 3.05) is 13.7 Å². The normalized spacial score (nSPS) is 20.4. The number of carbonyl (C=O) groups excluding carboxylic acids is 3. The zero-order valence-corrected chi connectivity index (χ0v) is 31.2. The Balaban J connectivity index is 1.72. The second-order valence-corrected chi connectivity index (χ2v) is 15.7. The van der Waals surface area contributed by atoms with Gasteiger partial charge >= 0.3 is 11.9 Å². The Bertz CT molecular complexity index is 1850. The van der Waals surface area contributed by atoms with Crippen molar-refractivity contribution in [3.05, 3.63) is 98.5 Å². The molecule has 0 amide bonds. The molecule has 0 spiro atoms. The van der Waals surface area contributed by atoms with Gasteiger partial charge in [0.1, 0.15) is 35.0 Å². The van der Waals surface area contributed by atoms with E-state index in [1.165, 1.54) is 55.6 Å². The van der Waals surface area contributed by atoms with E-state index in [9.17, 15) is 19.6 Å². The monoisotopic (exact) mass is 742 g/mol. The van der Waals surface area contributed by atoms with E-state index in [0.717, 1.165) is 6.07 Å². The fourth-order valence-corrected chi connectivity index (χ4v) is 6.97. The average Bonchev–Trinajstić information content (AvgIpc) is 3.34. The number of Topliss-reactive ketones (excluding diaryl/α,β-unsaturated/α-hetero) is 1. The van der Waals surface area contributed by atoms with Gasteiger partial charge in [-0.05, 0) is 68.5 Å². The number of nitrogens with zero attached hydrogens (tertiary/aromatic N) is 1. The molecule has 0 radical (unpaired) electrons. The van der Waals surface area contributed by atoms with Crippen LogP contribution < -0.4 is 10.1 Å². The van der Waals surface area contributed by atoms with Gasteiger partial charge in [-0.25, -0.2) is 13.6 Å². The van der Waals surface area contributed by atoms with Crippen LogP contribution in [0.15, 0.2) is 54.6 Å². The molecular weight excluding hydrogens is 701 g/mol. The molecule has 8 nitrogen and oxygen atoms in total. The molecule has 0 bridgehead atoms. The fraction of sp³-hybridized carbons (Fsp3) is 0.436. The van der Waals surface area contributed by atoms with Gasteiger partial charge in [0.15, 0.2) is 5.78 Å². The van der Waals surface area contributed by atoms with Gasteiger partial charge in [-0.1, -0.05) is 68.2 Å². The summed E-state index contributed by atoms with van der Waals surface area (Å²) >= 11 is 12.4. The molecule has 4 atom stereocenters. The molecule has 0 unspecified atom stereocenters. The summed E-state index contributed by atoms with van der Waals surface area (Å²) in [7, 11) is 1.38. The highest BCUT2D eigenvalue weighted by molar-refractivity contribution is 6.31. The maximum atomic E-state index is 16.0. The Hall–Kier alpha value is -4.04. The van der Waals surface area contributed by atoms with E-state index in [4.69, 9.17) is 37.4 Å². The van der Waals surface area contributed by atoms with E-state index in [0.29, 0.717) is 12.0 Å². The van der Waals surface area contributed by atoms with Crippen LogP contribution in [0.2, 0.25) is 10.0 Å². The molecule has 0 aromatic heterocycles. The van der Waals surface area contributed by atoms with Crippen LogP contribution in [0.5, 0.6) is 5.75 Å². The molecule has 1 aliphatic heterocycles. The number of esters is 2. The SMILES string of the molecule is COc1cc(C(=O)OCCC(=O)OC(C)(C)C)ccc1CC(=O)[C@@H]1N[C@@H](CC(C)(C)C)[C@](C#N)(c2ccc(Cl)cc2F)[C@H]1c1cccc(Cl)c1F. The van der Waals surface area contributed by atoms with Gasteiger partial charge in [0.25, 0.3) is 0 Å². The van der Waals surface area contributed by atoms with Crippen molar-refractivity contribution in [1.82, 2.24) is 5.32 Å². The topological polar surface area (TPSA) is 115 Å². The number of halogens is 4. The third kappa shape index (κ3) is 9.07. The Morgan fingerprint density at radius 3 is 2.31 bits per heavy atom. The van der Waals surface area contributed by atoms with Crippen molar-refractivity contribution < 1.29 is 37.4 Å². The molecule has 1 fully saturated rings. The van der Waals surface area contributed by atoms with Crippen molar-refractivity contribution >= 4 is 40.9 Å². The van der Waals surface area contributed by atoms with Crippen molar-refractivity contribution in [3.8, 4) is 11.8 Å². The molecule has 3 aromatic rings. The zero-order chi connectivity index (χ0) is 37.9. The molecule has 0 aliphatic carbocycles. The van der Waals surface area contributed by atoms with Crippen LogP contribution >= 0.6 is 23.2 Å². The van der Waals surface area contributed by atoms with Gasteiger partial charge in [0, 0.05) is 34.5 Å². The maximum absolute atomic E-state index is 16.0. The Kier molecular flexibility index (Phi) is 12.2. The molecule has 1 aliphatic rings. The van der Waals surface area contributed by atoms with Crippen LogP contribution in [0.1, 0.15) is 87.4 Å². The Morgan fingerprint density at radius 1 is 1.00 bits per heavy atom. The van der Waals surface area contributed by atoms with Crippen molar-refractivity contribution in [3.63, 3.8) is 0 Å². The number of benzene rings is 3. The fourth-order valence-electron chi connectivity index (χ4n) is 6.63. The quantitative estimate of drug-likeness (QED) is 0.195. The van der Waals surface area contributed by atoms with Gasteiger partial charge in [-0.2, -0.15) is 5.26 Å². The lowest BCUT2D eigenvalue weighted by Gasteiger charge is -2.37. The third-order valence-electron chi connectivity index (χ3n) is 8.64. The second kappa shape index (κ2) is 15.7. The lowest BCUT2D eigenvalue weighted by molar-refractivity contribution is -0.155. The summed E-state index contributed by atoms with van der Waals surface area (Å²) in [6.07, 6.45) is -0.0602. The third-order valence-corrected chi connectivity index (χ3v) is 9.17. The Morgan fingerprint density at radius 2 is 1.71 bits per heavy atom. The smallest absolute Gasteiger partial charge is 0.338 e. The van der Waals surface area contributed by atoms with E-state index in [1.807, 2.05) is 20.8 Å². The summed E-state index contributed by atoms with van der Waals surface area (Å²) in [6.45, 7) is 10.9. The first-order valence-electron chi connectivity index (χ1n) is 16.5. The lowest BCUT2D eigenvalue weighted by Crippen LogP contribution is -2.44. The van der Waals surface area contributed by atoms with Crippen LogP contribution in [0, 0.1) is 28.4 Å². The van der Waals surface area contributed by atoms with Crippen molar-refractivity contribution in [2.45, 2.75) is 89.8 Å². The molecule has 12 heteroatoms. The number of carbonyl (C=O) groups is 3. The number of rotatable bonds is 11. The molecule has 4 rings (SSSR count). The summed E-state index contributed by atoms with van der Waals surface area (Å²) in [4.78, 5) is 39.2. The number of hydrogen-bond acceptors (Lipinski definition) is 8. The molecule has 1 N–H and O–H groups in total. The zero-order valence-electron chi connectivity index (χ0n) is 29.7. The van der Waals surface area contributed by atoms with E-state index in [1.54, 1.807) is 20.8 Å². The summed E-state index contributed by atoms with van der Waals surface area (Å²) in [5.41, 5.74) is -2.37. The molecule has 272 valence electrons. The number of ether oxygens (including phenoxy) is 3. The molecule has 3 aromatic carbocycles. The summed E-state index contributed by atoms with van der Waals surface area (Å²) in [5.74, 6) is -4.26.